The highest BCUT2D eigenvalue weighted by Gasteiger charge is 2.33. The molecule has 2 aliphatic rings. The van der Waals surface area contributed by atoms with Gasteiger partial charge in [-0.15, -0.1) is 11.3 Å². The molecule has 0 bridgehead atoms. The average Bonchev–Trinajstić information content (AvgIpc) is 3.15. The molecule has 0 spiro atoms. The lowest BCUT2D eigenvalue weighted by Crippen LogP contribution is -2.42. The van der Waals surface area contributed by atoms with Gasteiger partial charge in [-0.05, 0) is 43.4 Å². The molecular weight excluding hydrogens is 424 g/mol. The molecule has 3 N–H and O–H groups in total. The van der Waals surface area contributed by atoms with Crippen molar-refractivity contribution in [1.29, 1.82) is 5.41 Å². The molecule has 32 heavy (non-hydrogen) atoms. The summed E-state index contributed by atoms with van der Waals surface area (Å²) in [7, 11) is 0. The summed E-state index contributed by atoms with van der Waals surface area (Å²) in [5.74, 6) is -0.0452. The molecule has 8 nitrogen and oxygen atoms in total. The number of amides is 3. The molecule has 3 amide bonds. The lowest BCUT2D eigenvalue weighted by atomic mass is 9.93. The summed E-state index contributed by atoms with van der Waals surface area (Å²) in [6.07, 6.45) is 6.84. The number of carbonyl (C=O) groups is 2. The number of thiophene rings is 1. The van der Waals surface area contributed by atoms with E-state index in [4.69, 9.17) is 5.41 Å². The number of rotatable bonds is 4. The zero-order valence-corrected chi connectivity index (χ0v) is 18.8. The van der Waals surface area contributed by atoms with Crippen LogP contribution in [0.1, 0.15) is 60.8 Å². The number of hydrogen-bond donors (Lipinski definition) is 3. The number of carbonyl (C=O) groups excluding carboxylic acids is 2. The maximum atomic E-state index is 13.2. The van der Waals surface area contributed by atoms with E-state index in [1.165, 1.54) is 11.3 Å². The number of anilines is 3. The van der Waals surface area contributed by atoms with E-state index in [0.29, 0.717) is 38.9 Å². The highest BCUT2D eigenvalue weighted by atomic mass is 32.1. The van der Waals surface area contributed by atoms with E-state index < -0.39 is 0 Å². The van der Waals surface area contributed by atoms with Crippen LogP contribution < -0.4 is 15.5 Å². The summed E-state index contributed by atoms with van der Waals surface area (Å²) >= 11 is 1.26. The SMILES string of the molecule is CC(C)c1cc(N2C(=O)Nc3c(C(=O)N[C@@H]4CCCCC4=N)sc4nccc2c34)ccn1. The van der Waals surface area contributed by atoms with Gasteiger partial charge in [0.05, 0.1) is 28.5 Å². The van der Waals surface area contributed by atoms with Crippen LogP contribution in [0.2, 0.25) is 0 Å². The lowest BCUT2D eigenvalue weighted by Gasteiger charge is -2.29. The van der Waals surface area contributed by atoms with Gasteiger partial charge in [-0.3, -0.25) is 14.7 Å². The summed E-state index contributed by atoms with van der Waals surface area (Å²) in [4.78, 5) is 37.9. The predicted octanol–water partition coefficient (Wildman–Crippen LogP) is 5.19. The topological polar surface area (TPSA) is 111 Å². The molecule has 5 rings (SSSR count). The second kappa shape index (κ2) is 7.98. The Kier molecular flexibility index (Phi) is 5.13. The normalized spacial score (nSPS) is 18.2. The zero-order valence-electron chi connectivity index (χ0n) is 17.9. The lowest BCUT2D eigenvalue weighted by molar-refractivity contribution is 0.0948. The number of nitrogens with one attached hydrogen (secondary N) is 3. The maximum absolute atomic E-state index is 13.2. The summed E-state index contributed by atoms with van der Waals surface area (Å²) in [6.45, 7) is 4.11. The summed E-state index contributed by atoms with van der Waals surface area (Å²) in [5.41, 5.74) is 3.36. The van der Waals surface area contributed by atoms with Crippen molar-refractivity contribution in [2.24, 2.45) is 0 Å². The number of hydrogen-bond acceptors (Lipinski definition) is 6. The Labute approximate surface area is 189 Å². The molecule has 3 aromatic rings. The average molecular weight is 449 g/mol. The minimum atomic E-state index is -0.330. The van der Waals surface area contributed by atoms with Gasteiger partial charge in [0.1, 0.15) is 9.71 Å². The summed E-state index contributed by atoms with van der Waals surface area (Å²) in [6, 6.07) is 4.94. The van der Waals surface area contributed by atoms with Gasteiger partial charge in [-0.25, -0.2) is 9.78 Å². The molecule has 1 aliphatic carbocycles. The van der Waals surface area contributed by atoms with Gasteiger partial charge in [-0.1, -0.05) is 20.3 Å². The van der Waals surface area contributed by atoms with Crippen LogP contribution in [-0.2, 0) is 0 Å². The van der Waals surface area contributed by atoms with Crippen molar-refractivity contribution in [1.82, 2.24) is 15.3 Å². The third-order valence-corrected chi connectivity index (χ3v) is 7.08. The zero-order chi connectivity index (χ0) is 22.4. The second-order valence-electron chi connectivity index (χ2n) is 8.47. The van der Waals surface area contributed by atoms with E-state index in [2.05, 4.69) is 34.4 Å². The molecule has 1 atom stereocenters. The van der Waals surface area contributed by atoms with E-state index in [0.717, 1.165) is 30.3 Å². The van der Waals surface area contributed by atoms with Crippen LogP contribution in [0.5, 0.6) is 0 Å². The third kappa shape index (κ3) is 3.42. The van der Waals surface area contributed by atoms with E-state index in [1.807, 2.05) is 6.07 Å². The van der Waals surface area contributed by atoms with Crippen LogP contribution in [-0.4, -0.2) is 33.7 Å². The first-order chi connectivity index (χ1) is 15.4. The Morgan fingerprint density at radius 1 is 1.28 bits per heavy atom. The Bertz CT molecular complexity index is 1250. The molecule has 0 radical (unpaired) electrons. The molecule has 3 aromatic heterocycles. The molecule has 9 heteroatoms. The predicted molar refractivity (Wildman–Crippen MR) is 127 cm³/mol. The summed E-state index contributed by atoms with van der Waals surface area (Å²) < 4.78 is 0. The number of urea groups is 1. The van der Waals surface area contributed by atoms with Crippen LogP contribution in [0, 0.1) is 5.41 Å². The van der Waals surface area contributed by atoms with Gasteiger partial charge >= 0.3 is 6.03 Å². The van der Waals surface area contributed by atoms with Gasteiger partial charge in [0.2, 0.25) is 0 Å². The number of pyridine rings is 2. The fourth-order valence-electron chi connectivity index (χ4n) is 4.29. The van der Waals surface area contributed by atoms with E-state index in [1.54, 1.807) is 29.4 Å². The monoisotopic (exact) mass is 448 g/mol. The molecule has 164 valence electrons. The van der Waals surface area contributed by atoms with Gasteiger partial charge in [0.25, 0.3) is 5.91 Å². The first-order valence-electron chi connectivity index (χ1n) is 10.8. The highest BCUT2D eigenvalue weighted by Crippen LogP contribution is 2.45. The largest absolute Gasteiger partial charge is 0.343 e. The van der Waals surface area contributed by atoms with Gasteiger partial charge in [0.15, 0.2) is 0 Å². The van der Waals surface area contributed by atoms with Crippen molar-refractivity contribution in [3.8, 4) is 0 Å². The van der Waals surface area contributed by atoms with E-state index >= 15 is 0 Å². The van der Waals surface area contributed by atoms with Gasteiger partial charge < -0.3 is 16.0 Å². The van der Waals surface area contributed by atoms with Gasteiger partial charge in [0, 0.05) is 23.8 Å². The quantitative estimate of drug-likeness (QED) is 0.510. The highest BCUT2D eigenvalue weighted by molar-refractivity contribution is 7.21. The minimum Gasteiger partial charge on any atom is -0.343 e. The van der Waals surface area contributed by atoms with Crippen LogP contribution in [0.25, 0.3) is 10.2 Å². The van der Waals surface area contributed by atoms with Crippen LogP contribution in [0.4, 0.5) is 21.9 Å². The van der Waals surface area contributed by atoms with Crippen molar-refractivity contribution in [3.63, 3.8) is 0 Å². The Balaban J connectivity index is 1.56. The van der Waals surface area contributed by atoms with Crippen molar-refractivity contribution < 1.29 is 9.59 Å². The molecule has 0 aromatic carbocycles. The van der Waals surface area contributed by atoms with Crippen molar-refractivity contribution in [2.75, 3.05) is 10.2 Å². The number of nitrogens with zero attached hydrogens (tertiary/aromatic N) is 3. The molecule has 0 unspecified atom stereocenters. The van der Waals surface area contributed by atoms with Crippen LogP contribution in [0.3, 0.4) is 0 Å². The fourth-order valence-corrected chi connectivity index (χ4v) is 5.31. The standard InChI is InChI=1S/C23H24N6O2S/c1-12(2)16-11-13(7-9-25-16)29-17-8-10-26-22-18(17)19(28-23(29)31)20(32-22)21(30)27-15-6-4-3-5-14(15)24/h7-12,15,24H,3-6H2,1-2H3,(H,27,30)(H,28,31)/t15-/m1/s1. The molecule has 1 fully saturated rings. The smallest absolute Gasteiger partial charge is 0.331 e. The Morgan fingerprint density at radius 3 is 2.88 bits per heavy atom. The van der Waals surface area contributed by atoms with Crippen molar-refractivity contribution in [2.45, 2.75) is 51.5 Å². The first kappa shape index (κ1) is 20.6. The molecule has 4 heterocycles. The molecule has 1 aliphatic heterocycles. The van der Waals surface area contributed by atoms with Gasteiger partial charge in [-0.2, -0.15) is 0 Å². The fraction of sp³-hybridized carbons (Fsp3) is 0.348. The Hall–Kier alpha value is -3.33. The molecular formula is C23H24N6O2S. The third-order valence-electron chi connectivity index (χ3n) is 5.98. The van der Waals surface area contributed by atoms with Crippen molar-refractivity contribution in [3.05, 3.63) is 41.2 Å². The maximum Gasteiger partial charge on any atom is 0.331 e. The summed E-state index contributed by atoms with van der Waals surface area (Å²) in [5, 5.41) is 14.8. The van der Waals surface area contributed by atoms with Crippen molar-refractivity contribution >= 4 is 56.3 Å². The minimum absolute atomic E-state index is 0.228. The Morgan fingerprint density at radius 2 is 2.09 bits per heavy atom. The number of aromatic nitrogens is 2. The second-order valence-corrected chi connectivity index (χ2v) is 9.47. The van der Waals surface area contributed by atoms with Crippen LogP contribution in [0.15, 0.2) is 30.6 Å². The molecule has 0 saturated heterocycles. The molecule has 1 saturated carbocycles. The first-order valence-corrected chi connectivity index (χ1v) is 11.6. The van der Waals surface area contributed by atoms with Crippen LogP contribution >= 0.6 is 11.3 Å². The van der Waals surface area contributed by atoms with E-state index in [9.17, 15) is 9.59 Å². The van der Waals surface area contributed by atoms with E-state index in [-0.39, 0.29) is 23.9 Å².